The summed E-state index contributed by atoms with van der Waals surface area (Å²) in [6.07, 6.45) is 4.39. The molecule has 0 fully saturated rings. The van der Waals surface area contributed by atoms with Gasteiger partial charge in [-0.3, -0.25) is 0 Å². The van der Waals surface area contributed by atoms with Crippen LogP contribution in [0.25, 0.3) is 0 Å². The Labute approximate surface area is 72.6 Å². The lowest BCUT2D eigenvalue weighted by Crippen LogP contribution is -2.19. The van der Waals surface area contributed by atoms with Crippen LogP contribution >= 0.6 is 0 Å². The van der Waals surface area contributed by atoms with E-state index in [1.54, 1.807) is 0 Å². The first-order valence-corrected chi connectivity index (χ1v) is 4.54. The van der Waals surface area contributed by atoms with E-state index in [4.69, 9.17) is 5.73 Å². The van der Waals surface area contributed by atoms with Gasteiger partial charge >= 0.3 is 0 Å². The number of fused-ring (bicyclic) bond motifs is 1. The lowest BCUT2D eigenvalue weighted by molar-refractivity contribution is 0.409. The summed E-state index contributed by atoms with van der Waals surface area (Å²) in [7, 11) is 0. The highest BCUT2D eigenvalue weighted by Gasteiger charge is 2.17. The molecule has 1 aliphatic rings. The molecule has 0 aromatic carbocycles. The van der Waals surface area contributed by atoms with Crippen molar-refractivity contribution in [3.8, 4) is 0 Å². The van der Waals surface area contributed by atoms with Gasteiger partial charge in [-0.1, -0.05) is 6.92 Å². The van der Waals surface area contributed by atoms with E-state index in [2.05, 4.69) is 16.5 Å². The van der Waals surface area contributed by atoms with Crippen LogP contribution in [0.3, 0.4) is 0 Å². The maximum atomic E-state index is 5.57. The second kappa shape index (κ2) is 2.90. The SMILES string of the molecule is CC1CCn2c(cnc2CN)C1. The average molecular weight is 165 g/mol. The predicted molar refractivity (Wildman–Crippen MR) is 47.6 cm³/mol. The summed E-state index contributed by atoms with van der Waals surface area (Å²) < 4.78 is 2.26. The smallest absolute Gasteiger partial charge is 0.122 e. The fourth-order valence-electron chi connectivity index (χ4n) is 1.86. The summed E-state index contributed by atoms with van der Waals surface area (Å²) in [4.78, 5) is 4.29. The number of hydrogen-bond donors (Lipinski definition) is 1. The highest BCUT2D eigenvalue weighted by Crippen LogP contribution is 2.20. The van der Waals surface area contributed by atoms with Gasteiger partial charge in [0.1, 0.15) is 5.82 Å². The maximum absolute atomic E-state index is 5.57. The largest absolute Gasteiger partial charge is 0.331 e. The van der Waals surface area contributed by atoms with E-state index >= 15 is 0 Å². The minimum Gasteiger partial charge on any atom is -0.331 e. The molecule has 0 saturated heterocycles. The van der Waals surface area contributed by atoms with Crippen molar-refractivity contribution < 1.29 is 0 Å². The van der Waals surface area contributed by atoms with E-state index in [0.717, 1.165) is 24.7 Å². The van der Waals surface area contributed by atoms with Crippen LogP contribution in [0.15, 0.2) is 6.20 Å². The average Bonchev–Trinajstić information content (AvgIpc) is 2.46. The molecule has 1 atom stereocenters. The second-order valence-electron chi connectivity index (χ2n) is 3.62. The Morgan fingerprint density at radius 2 is 2.58 bits per heavy atom. The zero-order valence-electron chi connectivity index (χ0n) is 7.45. The molecule has 0 bridgehead atoms. The Kier molecular flexibility index (Phi) is 1.89. The molecule has 0 spiro atoms. The first-order valence-electron chi connectivity index (χ1n) is 4.54. The molecule has 3 heteroatoms. The molecule has 12 heavy (non-hydrogen) atoms. The zero-order chi connectivity index (χ0) is 8.55. The van der Waals surface area contributed by atoms with Crippen molar-refractivity contribution in [2.75, 3.05) is 0 Å². The fourth-order valence-corrected chi connectivity index (χ4v) is 1.86. The minimum atomic E-state index is 0.564. The summed E-state index contributed by atoms with van der Waals surface area (Å²) >= 11 is 0. The zero-order valence-corrected chi connectivity index (χ0v) is 7.45. The Bertz CT molecular complexity index is 277. The predicted octanol–water partition coefficient (Wildman–Crippen LogP) is 0.924. The van der Waals surface area contributed by atoms with Crippen LogP contribution in [-0.4, -0.2) is 9.55 Å². The van der Waals surface area contributed by atoms with Crippen LogP contribution < -0.4 is 5.73 Å². The Morgan fingerprint density at radius 3 is 3.33 bits per heavy atom. The first-order chi connectivity index (χ1) is 5.81. The van der Waals surface area contributed by atoms with Crippen LogP contribution in [-0.2, 0) is 19.5 Å². The normalized spacial score (nSPS) is 22.3. The van der Waals surface area contributed by atoms with E-state index in [1.807, 2.05) is 6.20 Å². The molecular formula is C9H15N3. The Morgan fingerprint density at radius 1 is 1.75 bits per heavy atom. The topological polar surface area (TPSA) is 43.8 Å². The highest BCUT2D eigenvalue weighted by atomic mass is 15.1. The number of nitrogens with zero attached hydrogens (tertiary/aromatic N) is 2. The third-order valence-electron chi connectivity index (χ3n) is 2.61. The van der Waals surface area contributed by atoms with E-state index < -0.39 is 0 Å². The summed E-state index contributed by atoms with van der Waals surface area (Å²) in [6.45, 7) is 3.95. The Balaban J connectivity index is 2.32. The molecule has 2 rings (SSSR count). The van der Waals surface area contributed by atoms with E-state index in [0.29, 0.717) is 6.54 Å². The summed E-state index contributed by atoms with van der Waals surface area (Å²) in [6, 6.07) is 0. The molecule has 0 saturated carbocycles. The second-order valence-corrected chi connectivity index (χ2v) is 3.62. The molecule has 1 aromatic heterocycles. The third kappa shape index (κ3) is 1.14. The van der Waals surface area contributed by atoms with Crippen LogP contribution in [0.4, 0.5) is 0 Å². The third-order valence-corrected chi connectivity index (χ3v) is 2.61. The number of aromatic nitrogens is 2. The molecule has 3 nitrogen and oxygen atoms in total. The molecule has 1 aromatic rings. The van der Waals surface area contributed by atoms with Crippen molar-refractivity contribution in [1.82, 2.24) is 9.55 Å². The highest BCUT2D eigenvalue weighted by molar-refractivity contribution is 5.08. The van der Waals surface area contributed by atoms with Gasteiger partial charge in [0.25, 0.3) is 0 Å². The molecule has 2 N–H and O–H groups in total. The van der Waals surface area contributed by atoms with Gasteiger partial charge < -0.3 is 10.3 Å². The number of nitrogens with two attached hydrogens (primary N) is 1. The van der Waals surface area contributed by atoms with Crippen molar-refractivity contribution in [3.63, 3.8) is 0 Å². The van der Waals surface area contributed by atoms with Gasteiger partial charge in [-0.15, -0.1) is 0 Å². The van der Waals surface area contributed by atoms with E-state index in [9.17, 15) is 0 Å². The van der Waals surface area contributed by atoms with Crippen molar-refractivity contribution in [2.45, 2.75) is 32.9 Å². The van der Waals surface area contributed by atoms with Gasteiger partial charge in [-0.25, -0.2) is 4.98 Å². The molecule has 0 radical (unpaired) electrons. The number of hydrogen-bond acceptors (Lipinski definition) is 2. The molecule has 0 amide bonds. The van der Waals surface area contributed by atoms with Crippen LogP contribution in [0, 0.1) is 5.92 Å². The van der Waals surface area contributed by atoms with Crippen molar-refractivity contribution in [2.24, 2.45) is 11.7 Å². The number of imidazole rings is 1. The molecule has 0 aliphatic carbocycles. The summed E-state index contributed by atoms with van der Waals surface area (Å²) in [5.41, 5.74) is 6.93. The van der Waals surface area contributed by atoms with Gasteiger partial charge in [0.15, 0.2) is 0 Å². The standard InChI is InChI=1S/C9H15N3/c1-7-2-3-12-8(4-7)6-11-9(12)5-10/h6-7H,2-5,10H2,1H3. The molecule has 1 aliphatic heterocycles. The van der Waals surface area contributed by atoms with Gasteiger partial charge in [0, 0.05) is 18.4 Å². The molecule has 2 heterocycles. The van der Waals surface area contributed by atoms with Crippen LogP contribution in [0.5, 0.6) is 0 Å². The van der Waals surface area contributed by atoms with Crippen molar-refractivity contribution in [1.29, 1.82) is 0 Å². The maximum Gasteiger partial charge on any atom is 0.122 e. The van der Waals surface area contributed by atoms with Crippen molar-refractivity contribution in [3.05, 3.63) is 17.7 Å². The van der Waals surface area contributed by atoms with Crippen LogP contribution in [0.1, 0.15) is 24.9 Å². The minimum absolute atomic E-state index is 0.564. The monoisotopic (exact) mass is 165 g/mol. The van der Waals surface area contributed by atoms with Gasteiger partial charge in [0.2, 0.25) is 0 Å². The molecule has 66 valence electrons. The Hall–Kier alpha value is -0.830. The van der Waals surface area contributed by atoms with Gasteiger partial charge in [-0.05, 0) is 18.8 Å². The lowest BCUT2D eigenvalue weighted by Gasteiger charge is -2.21. The van der Waals surface area contributed by atoms with E-state index in [1.165, 1.54) is 12.1 Å². The number of rotatable bonds is 1. The van der Waals surface area contributed by atoms with Gasteiger partial charge in [0.05, 0.1) is 6.54 Å². The summed E-state index contributed by atoms with van der Waals surface area (Å²) in [5, 5.41) is 0. The fraction of sp³-hybridized carbons (Fsp3) is 0.667. The van der Waals surface area contributed by atoms with Crippen molar-refractivity contribution >= 4 is 0 Å². The van der Waals surface area contributed by atoms with E-state index in [-0.39, 0.29) is 0 Å². The molecular weight excluding hydrogens is 150 g/mol. The molecule has 1 unspecified atom stereocenters. The summed E-state index contributed by atoms with van der Waals surface area (Å²) in [5.74, 6) is 1.84. The first kappa shape index (κ1) is 7.80. The lowest BCUT2D eigenvalue weighted by atomic mass is 9.99. The van der Waals surface area contributed by atoms with Crippen LogP contribution in [0.2, 0.25) is 0 Å². The quantitative estimate of drug-likeness (QED) is 0.672. The van der Waals surface area contributed by atoms with Gasteiger partial charge in [-0.2, -0.15) is 0 Å².